The van der Waals surface area contributed by atoms with Gasteiger partial charge in [-0.25, -0.2) is 0 Å². The fraction of sp³-hybridized carbons (Fsp3) is 0.125. The smallest absolute Gasteiger partial charge is 0.247 e. The van der Waals surface area contributed by atoms with Gasteiger partial charge in [-0.3, -0.25) is 0 Å². The van der Waals surface area contributed by atoms with E-state index in [0.717, 1.165) is 17.0 Å². The molecule has 4 aromatic rings. The first-order valence-corrected chi connectivity index (χ1v) is 9.75. The lowest BCUT2D eigenvalue weighted by molar-refractivity contribution is 0.306. The largest absolute Gasteiger partial charge is 0.489 e. The summed E-state index contributed by atoms with van der Waals surface area (Å²) >= 11 is 0. The lowest BCUT2D eigenvalue weighted by Crippen LogP contribution is -2.19. The fourth-order valence-corrected chi connectivity index (χ4v) is 2.97. The Hall–Kier alpha value is -3.93. The molecule has 30 heavy (non-hydrogen) atoms. The molecule has 0 atom stereocenters. The molecule has 1 aromatic heterocycles. The van der Waals surface area contributed by atoms with Crippen LogP contribution in [0.1, 0.15) is 11.1 Å². The van der Waals surface area contributed by atoms with Crippen molar-refractivity contribution in [2.24, 2.45) is 0 Å². The van der Waals surface area contributed by atoms with Crippen LogP contribution in [0.3, 0.4) is 0 Å². The zero-order chi connectivity index (χ0) is 20.6. The van der Waals surface area contributed by atoms with Crippen molar-refractivity contribution < 1.29 is 4.74 Å². The Bertz CT molecular complexity index is 1060. The Morgan fingerprint density at radius 2 is 1.50 bits per heavy atom. The molecule has 1 heterocycles. The van der Waals surface area contributed by atoms with Crippen LogP contribution < -0.4 is 15.0 Å². The average molecular weight is 397 g/mol. The topological polar surface area (TPSA) is 63.2 Å². The maximum Gasteiger partial charge on any atom is 0.247 e. The van der Waals surface area contributed by atoms with Crippen LogP contribution in [-0.2, 0) is 13.2 Å². The van der Waals surface area contributed by atoms with E-state index in [9.17, 15) is 0 Å². The molecule has 0 saturated carbocycles. The van der Waals surface area contributed by atoms with Crippen molar-refractivity contribution in [1.29, 1.82) is 0 Å². The Balaban J connectivity index is 1.36. The highest BCUT2D eigenvalue weighted by Gasteiger charge is 2.08. The molecule has 0 bridgehead atoms. The van der Waals surface area contributed by atoms with E-state index in [-0.39, 0.29) is 0 Å². The van der Waals surface area contributed by atoms with Crippen LogP contribution in [0.4, 0.5) is 17.5 Å². The van der Waals surface area contributed by atoms with Crippen LogP contribution in [0.2, 0.25) is 0 Å². The van der Waals surface area contributed by atoms with E-state index in [2.05, 4.69) is 32.6 Å². The molecule has 0 aliphatic heterocycles. The third-order valence-corrected chi connectivity index (χ3v) is 4.53. The number of ether oxygens (including phenoxy) is 1. The molecule has 0 radical (unpaired) electrons. The van der Waals surface area contributed by atoms with Gasteiger partial charge in [0.2, 0.25) is 5.95 Å². The van der Waals surface area contributed by atoms with E-state index < -0.39 is 0 Å². The van der Waals surface area contributed by atoms with E-state index in [1.165, 1.54) is 5.56 Å². The van der Waals surface area contributed by atoms with Crippen molar-refractivity contribution in [2.45, 2.75) is 13.2 Å². The van der Waals surface area contributed by atoms with Gasteiger partial charge in [-0.2, -0.15) is 10.1 Å². The van der Waals surface area contributed by atoms with Crippen LogP contribution in [0.5, 0.6) is 5.75 Å². The van der Waals surface area contributed by atoms with E-state index in [0.29, 0.717) is 24.9 Å². The molecule has 4 rings (SSSR count). The monoisotopic (exact) mass is 397 g/mol. The zero-order valence-corrected chi connectivity index (χ0v) is 16.8. The summed E-state index contributed by atoms with van der Waals surface area (Å²) in [4.78, 5) is 6.54. The molecule has 0 spiro atoms. The Kier molecular flexibility index (Phi) is 6.15. The molecule has 6 heteroatoms. The summed E-state index contributed by atoms with van der Waals surface area (Å²) in [6.07, 6.45) is 1.61. The minimum absolute atomic E-state index is 0.542. The van der Waals surface area contributed by atoms with Crippen LogP contribution in [-0.4, -0.2) is 22.2 Å². The zero-order valence-electron chi connectivity index (χ0n) is 16.8. The molecule has 0 aliphatic rings. The standard InChI is InChI=1S/C24H23N5O/c1-29(17-19-8-4-2-5-9-19)24-27-23(16-25-28-24)26-21-12-14-22(15-13-21)30-18-20-10-6-3-7-11-20/h2-16H,17-18H2,1H3,(H,26,27,28). The van der Waals surface area contributed by atoms with Gasteiger partial charge in [-0.1, -0.05) is 60.7 Å². The number of anilines is 3. The summed E-state index contributed by atoms with van der Waals surface area (Å²) in [7, 11) is 1.95. The van der Waals surface area contributed by atoms with Crippen molar-refractivity contribution in [3.63, 3.8) is 0 Å². The highest BCUT2D eigenvalue weighted by atomic mass is 16.5. The number of nitrogens with one attached hydrogen (secondary N) is 1. The van der Waals surface area contributed by atoms with E-state index in [1.54, 1.807) is 6.20 Å². The summed E-state index contributed by atoms with van der Waals surface area (Å²) in [5.74, 6) is 2.01. The quantitative estimate of drug-likeness (QED) is 0.459. The van der Waals surface area contributed by atoms with Gasteiger partial charge in [0, 0.05) is 19.3 Å². The van der Waals surface area contributed by atoms with Crippen molar-refractivity contribution >= 4 is 17.5 Å². The molecule has 0 aliphatic carbocycles. The van der Waals surface area contributed by atoms with Crippen LogP contribution in [0, 0.1) is 0 Å². The van der Waals surface area contributed by atoms with Gasteiger partial charge in [-0.05, 0) is 35.4 Å². The number of hydrogen-bond acceptors (Lipinski definition) is 6. The van der Waals surface area contributed by atoms with E-state index in [1.807, 2.05) is 84.7 Å². The molecule has 1 N–H and O–H groups in total. The average Bonchev–Trinajstić information content (AvgIpc) is 2.80. The van der Waals surface area contributed by atoms with Gasteiger partial charge in [-0.15, -0.1) is 5.10 Å². The molecule has 0 unspecified atom stereocenters. The third-order valence-electron chi connectivity index (χ3n) is 4.53. The predicted octanol–water partition coefficient (Wildman–Crippen LogP) is 4.83. The number of rotatable bonds is 8. The second-order valence-electron chi connectivity index (χ2n) is 6.91. The highest BCUT2D eigenvalue weighted by Crippen LogP contribution is 2.20. The lowest BCUT2D eigenvalue weighted by atomic mass is 10.2. The summed E-state index contributed by atoms with van der Waals surface area (Å²) in [5.41, 5.74) is 3.23. The number of hydrogen-bond donors (Lipinski definition) is 1. The third kappa shape index (κ3) is 5.32. The Labute approximate surface area is 176 Å². The maximum absolute atomic E-state index is 5.83. The molecule has 0 saturated heterocycles. The highest BCUT2D eigenvalue weighted by molar-refractivity contribution is 5.57. The molecule has 0 amide bonds. The normalized spacial score (nSPS) is 10.4. The first-order chi connectivity index (χ1) is 14.8. The Morgan fingerprint density at radius 3 is 2.20 bits per heavy atom. The molecule has 0 fully saturated rings. The van der Waals surface area contributed by atoms with Crippen molar-refractivity contribution in [1.82, 2.24) is 15.2 Å². The second-order valence-corrected chi connectivity index (χ2v) is 6.91. The lowest BCUT2D eigenvalue weighted by Gasteiger charge is -2.17. The van der Waals surface area contributed by atoms with Gasteiger partial charge in [0.15, 0.2) is 5.82 Å². The van der Waals surface area contributed by atoms with Crippen molar-refractivity contribution in [3.8, 4) is 5.75 Å². The molecular weight excluding hydrogens is 374 g/mol. The maximum atomic E-state index is 5.83. The minimum atomic E-state index is 0.542. The SMILES string of the molecule is CN(Cc1ccccc1)c1nncc(Nc2ccc(OCc3ccccc3)cc2)n1. The fourth-order valence-electron chi connectivity index (χ4n) is 2.97. The van der Waals surface area contributed by atoms with Crippen molar-refractivity contribution in [2.75, 3.05) is 17.3 Å². The van der Waals surface area contributed by atoms with Gasteiger partial charge in [0.05, 0.1) is 6.20 Å². The second kappa shape index (κ2) is 9.52. The first-order valence-electron chi connectivity index (χ1n) is 9.75. The van der Waals surface area contributed by atoms with Crippen LogP contribution in [0.15, 0.2) is 91.1 Å². The molecular formula is C24H23N5O. The number of benzene rings is 3. The number of aromatic nitrogens is 3. The molecule has 150 valence electrons. The summed E-state index contributed by atoms with van der Waals surface area (Å²) in [6, 6.07) is 28.1. The van der Waals surface area contributed by atoms with Gasteiger partial charge in [0.1, 0.15) is 12.4 Å². The van der Waals surface area contributed by atoms with Crippen molar-refractivity contribution in [3.05, 3.63) is 102 Å². The first kappa shape index (κ1) is 19.4. The van der Waals surface area contributed by atoms with E-state index >= 15 is 0 Å². The number of nitrogens with zero attached hydrogens (tertiary/aromatic N) is 4. The van der Waals surface area contributed by atoms with E-state index in [4.69, 9.17) is 4.74 Å². The van der Waals surface area contributed by atoms with Gasteiger partial charge in [0.25, 0.3) is 0 Å². The summed E-state index contributed by atoms with van der Waals surface area (Å²) in [5, 5.41) is 11.5. The minimum Gasteiger partial charge on any atom is -0.489 e. The van der Waals surface area contributed by atoms with Gasteiger partial charge < -0.3 is 15.0 Å². The Morgan fingerprint density at radius 1 is 0.833 bits per heavy atom. The molecule has 6 nitrogen and oxygen atoms in total. The van der Waals surface area contributed by atoms with Gasteiger partial charge >= 0.3 is 0 Å². The summed E-state index contributed by atoms with van der Waals surface area (Å²) < 4.78 is 5.83. The molecule has 3 aromatic carbocycles. The summed E-state index contributed by atoms with van der Waals surface area (Å²) in [6.45, 7) is 1.25. The van der Waals surface area contributed by atoms with Crippen LogP contribution >= 0.6 is 0 Å². The van der Waals surface area contributed by atoms with Crippen LogP contribution in [0.25, 0.3) is 0 Å². The predicted molar refractivity (Wildman–Crippen MR) is 119 cm³/mol.